The van der Waals surface area contributed by atoms with Gasteiger partial charge >= 0.3 is 0 Å². The first-order valence-corrected chi connectivity index (χ1v) is 4.32. The molecule has 0 saturated heterocycles. The van der Waals surface area contributed by atoms with Crippen LogP contribution in [-0.2, 0) is 6.54 Å². The van der Waals surface area contributed by atoms with Gasteiger partial charge in [0.25, 0.3) is 0 Å². The molecule has 0 aliphatic carbocycles. The summed E-state index contributed by atoms with van der Waals surface area (Å²) in [5, 5.41) is 11.9. The van der Waals surface area contributed by atoms with Crippen LogP contribution in [0.4, 0.5) is 4.39 Å². The van der Waals surface area contributed by atoms with Gasteiger partial charge in [0.05, 0.1) is 6.10 Å². The molecule has 3 heteroatoms. The van der Waals surface area contributed by atoms with Crippen molar-refractivity contribution in [2.45, 2.75) is 19.6 Å². The molecule has 0 amide bonds. The van der Waals surface area contributed by atoms with Crippen LogP contribution in [-0.4, -0.2) is 17.8 Å². The molecule has 72 valence electrons. The highest BCUT2D eigenvalue weighted by molar-refractivity contribution is 5.16. The van der Waals surface area contributed by atoms with Crippen molar-refractivity contribution in [1.82, 2.24) is 5.32 Å². The van der Waals surface area contributed by atoms with E-state index in [1.807, 2.05) is 0 Å². The third kappa shape index (κ3) is 3.53. The first-order valence-electron chi connectivity index (χ1n) is 4.32. The van der Waals surface area contributed by atoms with Crippen LogP contribution in [0, 0.1) is 5.82 Å². The monoisotopic (exact) mass is 183 g/mol. The molecule has 0 aliphatic heterocycles. The Balaban J connectivity index is 2.41. The molecule has 0 saturated carbocycles. The third-order valence-corrected chi connectivity index (χ3v) is 1.71. The van der Waals surface area contributed by atoms with Crippen LogP contribution in [0.3, 0.4) is 0 Å². The Kier molecular flexibility index (Phi) is 3.86. The van der Waals surface area contributed by atoms with Crippen molar-refractivity contribution in [3.63, 3.8) is 0 Å². The lowest BCUT2D eigenvalue weighted by Crippen LogP contribution is -2.24. The molecule has 1 aromatic rings. The largest absolute Gasteiger partial charge is 0.392 e. The van der Waals surface area contributed by atoms with Gasteiger partial charge in [-0.2, -0.15) is 0 Å². The van der Waals surface area contributed by atoms with E-state index < -0.39 is 6.10 Å². The van der Waals surface area contributed by atoms with E-state index in [1.54, 1.807) is 25.1 Å². The van der Waals surface area contributed by atoms with E-state index in [9.17, 15) is 4.39 Å². The van der Waals surface area contributed by atoms with Gasteiger partial charge in [0, 0.05) is 18.7 Å². The van der Waals surface area contributed by atoms with Gasteiger partial charge in [-0.1, -0.05) is 18.2 Å². The predicted molar refractivity (Wildman–Crippen MR) is 49.8 cm³/mol. The van der Waals surface area contributed by atoms with Gasteiger partial charge in [0.1, 0.15) is 5.82 Å². The number of aliphatic hydroxyl groups is 1. The van der Waals surface area contributed by atoms with Crippen LogP contribution in [0.1, 0.15) is 12.5 Å². The van der Waals surface area contributed by atoms with E-state index >= 15 is 0 Å². The molecule has 0 bridgehead atoms. The Hall–Kier alpha value is -0.930. The fraction of sp³-hybridized carbons (Fsp3) is 0.400. The first kappa shape index (κ1) is 10.2. The van der Waals surface area contributed by atoms with Gasteiger partial charge in [-0.25, -0.2) is 4.39 Å². The zero-order chi connectivity index (χ0) is 9.68. The maximum absolute atomic E-state index is 13.0. The molecule has 1 aromatic carbocycles. The molecule has 2 N–H and O–H groups in total. The molecule has 0 fully saturated rings. The van der Waals surface area contributed by atoms with Gasteiger partial charge in [0.15, 0.2) is 0 Å². The number of hydrogen-bond acceptors (Lipinski definition) is 2. The van der Waals surface area contributed by atoms with Crippen molar-refractivity contribution < 1.29 is 9.50 Å². The zero-order valence-corrected chi connectivity index (χ0v) is 7.63. The maximum atomic E-state index is 13.0. The van der Waals surface area contributed by atoms with E-state index in [0.717, 1.165) is 0 Å². The van der Waals surface area contributed by atoms with E-state index in [1.165, 1.54) is 6.07 Å². The van der Waals surface area contributed by atoms with Gasteiger partial charge in [-0.05, 0) is 13.0 Å². The SMILES string of the molecule is CC(O)CNCc1ccccc1F. The number of nitrogens with one attached hydrogen (secondary N) is 1. The minimum atomic E-state index is -0.397. The van der Waals surface area contributed by atoms with Gasteiger partial charge in [-0.3, -0.25) is 0 Å². The summed E-state index contributed by atoms with van der Waals surface area (Å²) in [4.78, 5) is 0. The van der Waals surface area contributed by atoms with Crippen LogP contribution in [0.5, 0.6) is 0 Å². The molecule has 0 radical (unpaired) electrons. The van der Waals surface area contributed by atoms with Crippen molar-refractivity contribution in [2.75, 3.05) is 6.54 Å². The Bertz CT molecular complexity index is 263. The molecule has 1 rings (SSSR count). The number of aliphatic hydroxyl groups excluding tert-OH is 1. The van der Waals surface area contributed by atoms with Crippen LogP contribution < -0.4 is 5.32 Å². The normalized spacial score (nSPS) is 12.8. The number of rotatable bonds is 4. The van der Waals surface area contributed by atoms with Crippen molar-refractivity contribution >= 4 is 0 Å². The van der Waals surface area contributed by atoms with Crippen LogP contribution in [0.15, 0.2) is 24.3 Å². The summed E-state index contributed by atoms with van der Waals surface area (Å²) < 4.78 is 13.0. The van der Waals surface area contributed by atoms with E-state index in [2.05, 4.69) is 5.32 Å². The van der Waals surface area contributed by atoms with Gasteiger partial charge in [0.2, 0.25) is 0 Å². The Morgan fingerprint density at radius 2 is 2.15 bits per heavy atom. The second-order valence-corrected chi connectivity index (χ2v) is 3.07. The maximum Gasteiger partial charge on any atom is 0.127 e. The molecule has 1 atom stereocenters. The second-order valence-electron chi connectivity index (χ2n) is 3.07. The summed E-state index contributed by atoms with van der Waals surface area (Å²) >= 11 is 0. The first-order chi connectivity index (χ1) is 6.20. The average molecular weight is 183 g/mol. The van der Waals surface area contributed by atoms with Crippen molar-refractivity contribution in [3.8, 4) is 0 Å². The molecule has 1 unspecified atom stereocenters. The van der Waals surface area contributed by atoms with Crippen molar-refractivity contribution in [3.05, 3.63) is 35.6 Å². The summed E-state index contributed by atoms with van der Waals surface area (Å²) in [6, 6.07) is 6.61. The molecule has 0 aliphatic rings. The minimum absolute atomic E-state index is 0.208. The number of hydrogen-bond donors (Lipinski definition) is 2. The smallest absolute Gasteiger partial charge is 0.127 e. The Morgan fingerprint density at radius 1 is 1.46 bits per heavy atom. The molecular formula is C10H14FNO. The summed E-state index contributed by atoms with van der Waals surface area (Å²) in [7, 11) is 0. The van der Waals surface area contributed by atoms with Crippen LogP contribution >= 0.6 is 0 Å². The quantitative estimate of drug-likeness (QED) is 0.737. The fourth-order valence-electron chi connectivity index (χ4n) is 1.06. The highest BCUT2D eigenvalue weighted by Crippen LogP contribution is 2.05. The molecule has 13 heavy (non-hydrogen) atoms. The van der Waals surface area contributed by atoms with Crippen molar-refractivity contribution in [2.24, 2.45) is 0 Å². The third-order valence-electron chi connectivity index (χ3n) is 1.71. The van der Waals surface area contributed by atoms with E-state index in [-0.39, 0.29) is 5.82 Å². The lowest BCUT2D eigenvalue weighted by Gasteiger charge is -2.07. The minimum Gasteiger partial charge on any atom is -0.392 e. The molecule has 2 nitrogen and oxygen atoms in total. The highest BCUT2D eigenvalue weighted by Gasteiger charge is 2.00. The predicted octanol–water partition coefficient (Wildman–Crippen LogP) is 1.30. The zero-order valence-electron chi connectivity index (χ0n) is 7.63. The van der Waals surface area contributed by atoms with Crippen molar-refractivity contribution in [1.29, 1.82) is 0 Å². The molecule has 0 heterocycles. The Labute approximate surface area is 77.4 Å². The topological polar surface area (TPSA) is 32.3 Å². The Morgan fingerprint density at radius 3 is 2.77 bits per heavy atom. The van der Waals surface area contributed by atoms with Gasteiger partial charge < -0.3 is 10.4 Å². The lowest BCUT2D eigenvalue weighted by molar-refractivity contribution is 0.191. The molecular weight excluding hydrogens is 169 g/mol. The highest BCUT2D eigenvalue weighted by atomic mass is 19.1. The second kappa shape index (κ2) is 4.94. The standard InChI is InChI=1S/C10H14FNO/c1-8(13)6-12-7-9-4-2-3-5-10(9)11/h2-5,8,12-13H,6-7H2,1H3. The van der Waals surface area contributed by atoms with Gasteiger partial charge in [-0.15, -0.1) is 0 Å². The molecule has 0 aromatic heterocycles. The molecule has 0 spiro atoms. The van der Waals surface area contributed by atoms with E-state index in [4.69, 9.17) is 5.11 Å². The van der Waals surface area contributed by atoms with Crippen LogP contribution in [0.2, 0.25) is 0 Å². The summed E-state index contributed by atoms with van der Waals surface area (Å²) in [5.41, 5.74) is 0.628. The number of benzene rings is 1. The van der Waals surface area contributed by atoms with Crippen LogP contribution in [0.25, 0.3) is 0 Å². The van der Waals surface area contributed by atoms with E-state index in [0.29, 0.717) is 18.7 Å². The lowest BCUT2D eigenvalue weighted by atomic mass is 10.2. The fourth-order valence-corrected chi connectivity index (χ4v) is 1.06. The summed E-state index contributed by atoms with van der Waals surface area (Å²) in [5.74, 6) is -0.208. The average Bonchev–Trinajstić information content (AvgIpc) is 2.08. The summed E-state index contributed by atoms with van der Waals surface area (Å²) in [6.07, 6.45) is -0.397. The summed E-state index contributed by atoms with van der Waals surface area (Å²) in [6.45, 7) is 2.63. The number of halogens is 1.